The number of thioether (sulfide) groups is 1. The van der Waals surface area contributed by atoms with Gasteiger partial charge in [-0.15, -0.1) is 11.8 Å². The lowest BCUT2D eigenvalue weighted by Crippen LogP contribution is -3.22. The van der Waals surface area contributed by atoms with Gasteiger partial charge < -0.3 is 20.3 Å². The van der Waals surface area contributed by atoms with Gasteiger partial charge in [0.2, 0.25) is 11.8 Å². The van der Waals surface area contributed by atoms with E-state index in [1.54, 1.807) is 0 Å². The maximum absolute atomic E-state index is 12.1. The minimum atomic E-state index is -0.0928. The highest BCUT2D eigenvalue weighted by atomic mass is 32.2. The molecule has 1 saturated heterocycles. The molecule has 2 rings (SSSR count). The van der Waals surface area contributed by atoms with E-state index in [4.69, 9.17) is 4.74 Å². The average Bonchev–Trinajstić information content (AvgIpc) is 2.60. The molecule has 0 atom stereocenters. The molecule has 0 unspecified atom stereocenters. The second-order valence-electron chi connectivity index (χ2n) is 6.87. The van der Waals surface area contributed by atoms with Gasteiger partial charge in [-0.1, -0.05) is 0 Å². The number of hydrogen-bond donors (Lipinski definition) is 3. The predicted octanol–water partition coefficient (Wildman–Crippen LogP) is 0.547. The Kier molecular flexibility index (Phi) is 7.28. The minimum Gasteiger partial charge on any atom is -0.370 e. The first kappa shape index (κ1) is 19.8. The van der Waals surface area contributed by atoms with Crippen LogP contribution in [-0.4, -0.2) is 56.0 Å². The van der Waals surface area contributed by atoms with E-state index in [2.05, 4.69) is 24.5 Å². The van der Waals surface area contributed by atoms with Crippen LogP contribution in [0.15, 0.2) is 29.2 Å². The maximum atomic E-state index is 12.1. The van der Waals surface area contributed by atoms with Crippen LogP contribution in [0.25, 0.3) is 0 Å². The number of hydrogen-bond acceptors (Lipinski definition) is 4. The molecule has 0 aliphatic carbocycles. The lowest BCUT2D eigenvalue weighted by molar-refractivity contribution is -0.954. The number of nitrogens with one attached hydrogen (secondary N) is 3. The molecule has 2 amide bonds. The Morgan fingerprint density at radius 2 is 1.84 bits per heavy atom. The Morgan fingerprint density at radius 3 is 2.44 bits per heavy atom. The molecule has 0 aromatic heterocycles. The molecule has 138 valence electrons. The van der Waals surface area contributed by atoms with E-state index in [0.29, 0.717) is 12.3 Å². The maximum Gasteiger partial charge on any atom is 0.230 e. The van der Waals surface area contributed by atoms with Crippen molar-refractivity contribution in [2.24, 2.45) is 0 Å². The van der Waals surface area contributed by atoms with Gasteiger partial charge in [-0.3, -0.25) is 9.59 Å². The summed E-state index contributed by atoms with van der Waals surface area (Å²) in [4.78, 5) is 25.6. The number of amides is 2. The molecule has 0 spiro atoms. The summed E-state index contributed by atoms with van der Waals surface area (Å²) in [5, 5.41) is 5.78. The molecule has 0 saturated carbocycles. The van der Waals surface area contributed by atoms with Crippen LogP contribution in [0.4, 0.5) is 5.69 Å². The van der Waals surface area contributed by atoms with Crippen molar-refractivity contribution in [3.63, 3.8) is 0 Å². The zero-order valence-corrected chi connectivity index (χ0v) is 16.0. The number of quaternary nitrogens is 1. The molecule has 0 radical (unpaired) electrons. The van der Waals surface area contributed by atoms with Gasteiger partial charge in [0.15, 0.2) is 0 Å². The van der Waals surface area contributed by atoms with Crippen molar-refractivity contribution in [3.8, 4) is 0 Å². The Balaban J connectivity index is 1.73. The number of ether oxygens (including phenoxy) is 1. The van der Waals surface area contributed by atoms with Crippen LogP contribution in [-0.2, 0) is 14.3 Å². The number of benzene rings is 1. The first-order chi connectivity index (χ1) is 11.9. The smallest absolute Gasteiger partial charge is 0.230 e. The molecule has 6 nitrogen and oxygen atoms in total. The van der Waals surface area contributed by atoms with Gasteiger partial charge in [0.1, 0.15) is 18.6 Å². The molecule has 25 heavy (non-hydrogen) atoms. The monoisotopic (exact) mass is 366 g/mol. The summed E-state index contributed by atoms with van der Waals surface area (Å²) in [6, 6.07) is 7.50. The largest absolute Gasteiger partial charge is 0.370 e. The fourth-order valence-electron chi connectivity index (χ4n) is 2.78. The second-order valence-corrected chi connectivity index (χ2v) is 7.92. The van der Waals surface area contributed by atoms with Crippen molar-refractivity contribution >= 4 is 29.3 Å². The highest BCUT2D eigenvalue weighted by Crippen LogP contribution is 2.20. The lowest BCUT2D eigenvalue weighted by Gasteiger charge is -2.37. The molecular weight excluding hydrogens is 338 g/mol. The zero-order valence-electron chi connectivity index (χ0n) is 15.2. The number of morpholine rings is 1. The average molecular weight is 367 g/mol. The predicted molar refractivity (Wildman–Crippen MR) is 100 cm³/mol. The van der Waals surface area contributed by atoms with Gasteiger partial charge in [0, 0.05) is 17.5 Å². The summed E-state index contributed by atoms with van der Waals surface area (Å²) < 4.78 is 5.40. The molecule has 1 aliphatic heterocycles. The minimum absolute atomic E-state index is 0.00408. The van der Waals surface area contributed by atoms with Crippen LogP contribution in [0.2, 0.25) is 0 Å². The van der Waals surface area contributed by atoms with Crippen molar-refractivity contribution in [1.29, 1.82) is 0 Å². The summed E-state index contributed by atoms with van der Waals surface area (Å²) in [5.74, 6) is 0.329. The Hall–Kier alpha value is -1.57. The van der Waals surface area contributed by atoms with Crippen molar-refractivity contribution in [3.05, 3.63) is 24.3 Å². The fourth-order valence-corrected chi connectivity index (χ4v) is 3.51. The molecule has 1 aromatic carbocycles. The number of carbonyl (C=O) groups excluding carboxylic acids is 2. The third kappa shape index (κ3) is 6.68. The topological polar surface area (TPSA) is 71.9 Å². The first-order valence-electron chi connectivity index (χ1n) is 8.57. The fraction of sp³-hybridized carbons (Fsp3) is 0.556. The molecule has 3 N–H and O–H groups in total. The van der Waals surface area contributed by atoms with Crippen LogP contribution in [0.1, 0.15) is 20.8 Å². The van der Waals surface area contributed by atoms with Gasteiger partial charge in [-0.25, -0.2) is 0 Å². The van der Waals surface area contributed by atoms with Gasteiger partial charge in [0.25, 0.3) is 0 Å². The van der Waals surface area contributed by atoms with E-state index in [1.807, 2.05) is 24.3 Å². The zero-order chi connectivity index (χ0) is 18.3. The van der Waals surface area contributed by atoms with Gasteiger partial charge in [0.05, 0.1) is 25.5 Å². The molecule has 1 aliphatic rings. The summed E-state index contributed by atoms with van der Waals surface area (Å²) in [6.45, 7) is 10.0. The van der Waals surface area contributed by atoms with Crippen LogP contribution >= 0.6 is 11.8 Å². The Labute approximate surface area is 153 Å². The standard InChI is InChI=1S/C18H27N3O3S/c1-14(22)20-15-4-6-16(7-5-15)25-12-17(23)19-13-18(2,3)21-8-10-24-11-9-21/h4-7H,8-13H2,1-3H3,(H,19,23)(H,20,22)/p+1. The van der Waals surface area contributed by atoms with Crippen molar-refractivity contribution in [2.45, 2.75) is 31.2 Å². The van der Waals surface area contributed by atoms with Crippen molar-refractivity contribution < 1.29 is 19.2 Å². The molecule has 7 heteroatoms. The van der Waals surface area contributed by atoms with Gasteiger partial charge in [-0.05, 0) is 38.1 Å². The lowest BCUT2D eigenvalue weighted by atomic mass is 10.0. The Bertz CT molecular complexity index is 584. The molecule has 0 bridgehead atoms. The summed E-state index contributed by atoms with van der Waals surface area (Å²) >= 11 is 1.49. The molecule has 1 heterocycles. The van der Waals surface area contributed by atoms with Crippen molar-refractivity contribution in [1.82, 2.24) is 5.32 Å². The third-order valence-electron chi connectivity index (χ3n) is 4.33. The van der Waals surface area contributed by atoms with E-state index in [1.165, 1.54) is 23.6 Å². The van der Waals surface area contributed by atoms with E-state index in [0.717, 1.165) is 36.9 Å². The second kappa shape index (κ2) is 9.22. The van der Waals surface area contributed by atoms with Gasteiger partial charge in [-0.2, -0.15) is 0 Å². The van der Waals surface area contributed by atoms with Crippen LogP contribution in [0.3, 0.4) is 0 Å². The van der Waals surface area contributed by atoms with Crippen LogP contribution < -0.4 is 15.5 Å². The van der Waals surface area contributed by atoms with Gasteiger partial charge >= 0.3 is 0 Å². The molecule has 1 aromatic rings. The van der Waals surface area contributed by atoms with E-state index in [-0.39, 0.29) is 17.4 Å². The summed E-state index contributed by atoms with van der Waals surface area (Å²) in [6.07, 6.45) is 0. The SMILES string of the molecule is CC(=O)Nc1ccc(SCC(=O)NCC(C)(C)[NH+]2CCOCC2)cc1. The number of rotatable bonds is 7. The molecular formula is C18H28N3O3S+. The quantitative estimate of drug-likeness (QED) is 0.616. The van der Waals surface area contributed by atoms with Crippen molar-refractivity contribution in [2.75, 3.05) is 43.9 Å². The third-order valence-corrected chi connectivity index (χ3v) is 5.34. The number of carbonyl (C=O) groups is 2. The highest BCUT2D eigenvalue weighted by molar-refractivity contribution is 8.00. The van der Waals surface area contributed by atoms with Crippen LogP contribution in [0.5, 0.6) is 0 Å². The summed E-state index contributed by atoms with van der Waals surface area (Å²) in [5.41, 5.74) is 0.765. The van der Waals surface area contributed by atoms with E-state index in [9.17, 15) is 9.59 Å². The van der Waals surface area contributed by atoms with E-state index < -0.39 is 0 Å². The normalized spacial score (nSPS) is 15.6. The first-order valence-corrected chi connectivity index (χ1v) is 9.55. The Morgan fingerprint density at radius 1 is 1.20 bits per heavy atom. The highest BCUT2D eigenvalue weighted by Gasteiger charge is 2.32. The number of anilines is 1. The van der Waals surface area contributed by atoms with Crippen LogP contribution in [0, 0.1) is 0 Å². The van der Waals surface area contributed by atoms with E-state index >= 15 is 0 Å². The summed E-state index contributed by atoms with van der Waals surface area (Å²) in [7, 11) is 0. The molecule has 1 fully saturated rings.